The number of hydrogen-bond donors (Lipinski definition) is 4. The number of carbonyl (C=O) groups is 2. The van der Waals surface area contributed by atoms with Gasteiger partial charge in [-0.3, -0.25) is 10.2 Å². The third-order valence-electron chi connectivity index (χ3n) is 5.43. The van der Waals surface area contributed by atoms with Crippen LogP contribution in [0.4, 0.5) is 4.79 Å². The topological polar surface area (TPSA) is 114 Å². The SMILES string of the molecule is CCCNC(=O)O[C@@H]1CC[C@H](C2CC(NC(=O)Cc3ccc(OC)nc3)NN2)C1. The molecule has 9 heteroatoms. The highest BCUT2D eigenvalue weighted by atomic mass is 16.6. The lowest BCUT2D eigenvalue weighted by Crippen LogP contribution is -2.45. The minimum absolute atomic E-state index is 0.0325. The zero-order valence-electron chi connectivity index (χ0n) is 17.1. The van der Waals surface area contributed by atoms with E-state index >= 15 is 0 Å². The maximum atomic E-state index is 12.3. The van der Waals surface area contributed by atoms with Gasteiger partial charge in [-0.05, 0) is 43.6 Å². The van der Waals surface area contributed by atoms with E-state index in [0.717, 1.165) is 37.7 Å². The number of hydrogen-bond acceptors (Lipinski definition) is 7. The molecular formula is C20H31N5O4. The summed E-state index contributed by atoms with van der Waals surface area (Å²) in [6.07, 6.45) is 5.86. The van der Waals surface area contributed by atoms with Crippen LogP contribution in [0.25, 0.3) is 0 Å². The van der Waals surface area contributed by atoms with Crippen LogP contribution in [0.15, 0.2) is 18.3 Å². The van der Waals surface area contributed by atoms with E-state index in [1.807, 2.05) is 13.0 Å². The number of carbonyl (C=O) groups excluding carboxylic acids is 2. The molecule has 160 valence electrons. The van der Waals surface area contributed by atoms with Crippen molar-refractivity contribution in [3.63, 3.8) is 0 Å². The number of amides is 2. The summed E-state index contributed by atoms with van der Waals surface area (Å²) in [6.45, 7) is 2.64. The van der Waals surface area contributed by atoms with Gasteiger partial charge in [-0.25, -0.2) is 15.2 Å². The maximum absolute atomic E-state index is 12.3. The Morgan fingerprint density at radius 2 is 2.10 bits per heavy atom. The number of pyridine rings is 1. The van der Waals surface area contributed by atoms with Crippen LogP contribution in [0.5, 0.6) is 5.88 Å². The molecule has 3 rings (SSSR count). The molecule has 0 aromatic carbocycles. The van der Waals surface area contributed by atoms with Crippen LogP contribution < -0.4 is 26.2 Å². The molecule has 0 bridgehead atoms. The molecule has 2 unspecified atom stereocenters. The normalized spacial score (nSPS) is 26.1. The van der Waals surface area contributed by atoms with Crippen molar-refractivity contribution >= 4 is 12.0 Å². The highest BCUT2D eigenvalue weighted by Gasteiger charge is 2.37. The molecule has 29 heavy (non-hydrogen) atoms. The first-order valence-electron chi connectivity index (χ1n) is 10.3. The van der Waals surface area contributed by atoms with E-state index in [4.69, 9.17) is 9.47 Å². The second-order valence-corrected chi connectivity index (χ2v) is 7.66. The lowest BCUT2D eigenvalue weighted by Gasteiger charge is -2.18. The van der Waals surface area contributed by atoms with Crippen LogP contribution in [-0.2, 0) is 16.0 Å². The summed E-state index contributed by atoms with van der Waals surface area (Å²) in [4.78, 5) is 28.2. The molecule has 1 saturated heterocycles. The highest BCUT2D eigenvalue weighted by molar-refractivity contribution is 5.78. The number of rotatable bonds is 8. The predicted octanol–water partition coefficient (Wildman–Crippen LogP) is 1.25. The maximum Gasteiger partial charge on any atom is 0.407 e. The quantitative estimate of drug-likeness (QED) is 0.515. The van der Waals surface area contributed by atoms with Gasteiger partial charge in [-0.15, -0.1) is 0 Å². The number of aromatic nitrogens is 1. The van der Waals surface area contributed by atoms with Gasteiger partial charge in [0.2, 0.25) is 11.8 Å². The molecule has 4 N–H and O–H groups in total. The van der Waals surface area contributed by atoms with Gasteiger partial charge in [0, 0.05) is 24.8 Å². The standard InChI is InChI=1S/C20H31N5O4/c1-3-8-21-20(27)29-15-6-5-14(10-15)16-11-17(25-24-16)23-18(26)9-13-4-7-19(28-2)22-12-13/h4,7,12,14-17,24-25H,3,5-6,8-11H2,1-2H3,(H,21,27)(H,23,26)/t14-,15+,16?,17?/m0/s1. The molecule has 2 aliphatic rings. The first-order valence-corrected chi connectivity index (χ1v) is 10.3. The number of methoxy groups -OCH3 is 1. The summed E-state index contributed by atoms with van der Waals surface area (Å²) in [5.74, 6) is 0.886. The fourth-order valence-corrected chi connectivity index (χ4v) is 3.92. The molecule has 2 fully saturated rings. The minimum Gasteiger partial charge on any atom is -0.481 e. The summed E-state index contributed by atoms with van der Waals surface area (Å²) in [7, 11) is 1.56. The van der Waals surface area contributed by atoms with Gasteiger partial charge >= 0.3 is 6.09 Å². The van der Waals surface area contributed by atoms with Crippen molar-refractivity contribution in [3.05, 3.63) is 23.9 Å². The van der Waals surface area contributed by atoms with E-state index in [2.05, 4.69) is 26.5 Å². The number of hydrazine groups is 1. The first kappa shape index (κ1) is 21.3. The third kappa shape index (κ3) is 6.30. The lowest BCUT2D eigenvalue weighted by molar-refractivity contribution is -0.121. The van der Waals surface area contributed by atoms with E-state index in [1.165, 1.54) is 0 Å². The number of alkyl carbamates (subject to hydrolysis) is 1. The van der Waals surface area contributed by atoms with Crippen molar-refractivity contribution in [3.8, 4) is 5.88 Å². The minimum atomic E-state index is -0.326. The summed E-state index contributed by atoms with van der Waals surface area (Å²) < 4.78 is 10.5. The van der Waals surface area contributed by atoms with Gasteiger partial charge in [-0.1, -0.05) is 13.0 Å². The zero-order valence-corrected chi connectivity index (χ0v) is 17.1. The van der Waals surface area contributed by atoms with Crippen LogP contribution in [0.2, 0.25) is 0 Å². The Morgan fingerprint density at radius 3 is 2.83 bits per heavy atom. The van der Waals surface area contributed by atoms with Crippen LogP contribution in [-0.4, -0.2) is 49.0 Å². The number of ether oxygens (including phenoxy) is 2. The van der Waals surface area contributed by atoms with E-state index in [1.54, 1.807) is 19.4 Å². The Balaban J connectivity index is 1.38. The second kappa shape index (κ2) is 10.4. The Labute approximate surface area is 171 Å². The van der Waals surface area contributed by atoms with Crippen LogP contribution in [0.3, 0.4) is 0 Å². The molecule has 1 aromatic heterocycles. The predicted molar refractivity (Wildman–Crippen MR) is 107 cm³/mol. The molecule has 1 aliphatic carbocycles. The van der Waals surface area contributed by atoms with Crippen molar-refractivity contribution in [2.24, 2.45) is 5.92 Å². The molecular weight excluding hydrogens is 374 g/mol. The largest absolute Gasteiger partial charge is 0.481 e. The highest BCUT2D eigenvalue weighted by Crippen LogP contribution is 2.32. The molecule has 1 aliphatic heterocycles. The zero-order chi connectivity index (χ0) is 20.6. The monoisotopic (exact) mass is 405 g/mol. The molecule has 0 spiro atoms. The van der Waals surface area contributed by atoms with Crippen molar-refractivity contribution in [1.29, 1.82) is 0 Å². The van der Waals surface area contributed by atoms with E-state index in [9.17, 15) is 9.59 Å². The molecule has 2 amide bonds. The van der Waals surface area contributed by atoms with Crippen molar-refractivity contribution in [2.45, 2.75) is 63.8 Å². The smallest absolute Gasteiger partial charge is 0.407 e. The van der Waals surface area contributed by atoms with Crippen LogP contribution in [0.1, 0.15) is 44.6 Å². The van der Waals surface area contributed by atoms with E-state index in [0.29, 0.717) is 18.3 Å². The van der Waals surface area contributed by atoms with Crippen molar-refractivity contribution < 1.29 is 19.1 Å². The van der Waals surface area contributed by atoms with Gasteiger partial charge in [0.1, 0.15) is 6.10 Å². The van der Waals surface area contributed by atoms with Crippen LogP contribution >= 0.6 is 0 Å². The van der Waals surface area contributed by atoms with Gasteiger partial charge < -0.3 is 20.1 Å². The second-order valence-electron chi connectivity index (χ2n) is 7.66. The van der Waals surface area contributed by atoms with E-state index < -0.39 is 0 Å². The summed E-state index contributed by atoms with van der Waals surface area (Å²) in [5, 5.41) is 5.76. The summed E-state index contributed by atoms with van der Waals surface area (Å²) >= 11 is 0. The summed E-state index contributed by atoms with van der Waals surface area (Å²) in [5.41, 5.74) is 7.29. The van der Waals surface area contributed by atoms with Gasteiger partial charge in [0.05, 0.1) is 19.7 Å². The summed E-state index contributed by atoms with van der Waals surface area (Å²) in [6, 6.07) is 3.83. The molecule has 0 radical (unpaired) electrons. The Bertz CT molecular complexity index is 684. The average Bonchev–Trinajstić information content (AvgIpc) is 3.36. The Hall–Kier alpha value is -2.39. The van der Waals surface area contributed by atoms with E-state index in [-0.39, 0.29) is 36.7 Å². The van der Waals surface area contributed by atoms with Crippen molar-refractivity contribution in [2.75, 3.05) is 13.7 Å². The Kier molecular flexibility index (Phi) is 7.65. The van der Waals surface area contributed by atoms with Crippen molar-refractivity contribution in [1.82, 2.24) is 26.5 Å². The third-order valence-corrected chi connectivity index (χ3v) is 5.43. The fourth-order valence-electron chi connectivity index (χ4n) is 3.92. The first-order chi connectivity index (χ1) is 14.1. The average molecular weight is 405 g/mol. The Morgan fingerprint density at radius 1 is 1.24 bits per heavy atom. The number of nitrogens with zero attached hydrogens (tertiary/aromatic N) is 1. The van der Waals surface area contributed by atoms with Gasteiger partial charge in [0.25, 0.3) is 0 Å². The molecule has 4 atom stereocenters. The molecule has 2 heterocycles. The van der Waals surface area contributed by atoms with Gasteiger partial charge in [-0.2, -0.15) is 0 Å². The molecule has 1 aromatic rings. The molecule has 9 nitrogen and oxygen atoms in total. The van der Waals surface area contributed by atoms with Crippen LogP contribution in [0, 0.1) is 5.92 Å². The molecule has 1 saturated carbocycles. The van der Waals surface area contributed by atoms with Gasteiger partial charge in [0.15, 0.2) is 0 Å². The lowest BCUT2D eigenvalue weighted by atomic mass is 9.96. The number of nitrogens with one attached hydrogen (secondary N) is 4. The fraction of sp³-hybridized carbons (Fsp3) is 0.650.